The zero-order valence-electron chi connectivity index (χ0n) is 15.5. The number of amides is 2. The number of hydrogen-bond acceptors (Lipinski definition) is 3. The molecule has 1 unspecified atom stereocenters. The van der Waals surface area contributed by atoms with Crippen LogP contribution in [0.15, 0.2) is 48.5 Å². The van der Waals surface area contributed by atoms with Gasteiger partial charge in [0, 0.05) is 18.5 Å². The monoisotopic (exact) mass is 354 g/mol. The lowest BCUT2D eigenvalue weighted by Gasteiger charge is -2.18. The number of ether oxygens (including phenoxy) is 1. The second-order valence-electron chi connectivity index (χ2n) is 6.18. The van der Waals surface area contributed by atoms with E-state index in [1.165, 1.54) is 0 Å². The zero-order chi connectivity index (χ0) is 18.9. The van der Waals surface area contributed by atoms with Crippen LogP contribution in [-0.4, -0.2) is 25.5 Å². The minimum atomic E-state index is -0.163. The van der Waals surface area contributed by atoms with Crippen molar-refractivity contribution in [2.45, 2.75) is 32.7 Å². The summed E-state index contributed by atoms with van der Waals surface area (Å²) in [6.45, 7) is 4.26. The highest BCUT2D eigenvalue weighted by Gasteiger charge is 2.13. The summed E-state index contributed by atoms with van der Waals surface area (Å²) in [7, 11) is 1.62. The molecule has 0 aliphatic rings. The van der Waals surface area contributed by atoms with Gasteiger partial charge in [0.15, 0.2) is 0 Å². The molecular weight excluding hydrogens is 328 g/mol. The molecule has 2 amide bonds. The summed E-state index contributed by atoms with van der Waals surface area (Å²) in [6, 6.07) is 15.0. The second-order valence-corrected chi connectivity index (χ2v) is 6.18. The molecule has 0 aromatic heterocycles. The molecular formula is C21H26N2O3. The van der Waals surface area contributed by atoms with E-state index in [4.69, 9.17) is 4.74 Å². The van der Waals surface area contributed by atoms with Gasteiger partial charge in [0.05, 0.1) is 13.2 Å². The number of carbonyl (C=O) groups is 2. The summed E-state index contributed by atoms with van der Waals surface area (Å²) in [4.78, 5) is 24.3. The molecule has 2 aromatic rings. The molecule has 1 atom stereocenters. The molecule has 0 bridgehead atoms. The molecule has 5 heteroatoms. The van der Waals surface area contributed by atoms with Crippen molar-refractivity contribution in [1.29, 1.82) is 0 Å². The van der Waals surface area contributed by atoms with E-state index in [1.807, 2.05) is 56.3 Å². The molecule has 2 N–H and O–H groups in total. The molecule has 0 radical (unpaired) electrons. The minimum Gasteiger partial charge on any atom is -0.497 e. The Balaban J connectivity index is 1.82. The summed E-state index contributed by atoms with van der Waals surface area (Å²) in [6.07, 6.45) is 1.03. The molecule has 0 saturated heterocycles. The van der Waals surface area contributed by atoms with E-state index >= 15 is 0 Å². The molecule has 0 heterocycles. The van der Waals surface area contributed by atoms with Crippen LogP contribution in [0.3, 0.4) is 0 Å². The number of hydrogen-bond donors (Lipinski definition) is 2. The average molecular weight is 354 g/mol. The molecule has 0 aliphatic carbocycles. The lowest BCUT2D eigenvalue weighted by molar-refractivity contribution is -0.121. The zero-order valence-corrected chi connectivity index (χ0v) is 15.5. The summed E-state index contributed by atoms with van der Waals surface area (Å²) in [5.74, 6) is 0.537. The first-order chi connectivity index (χ1) is 12.5. The number of methoxy groups -OCH3 is 1. The molecule has 5 nitrogen and oxygen atoms in total. The quantitative estimate of drug-likeness (QED) is 0.763. The van der Waals surface area contributed by atoms with Crippen molar-refractivity contribution in [3.8, 4) is 5.75 Å². The van der Waals surface area contributed by atoms with E-state index < -0.39 is 0 Å². The van der Waals surface area contributed by atoms with Crippen molar-refractivity contribution >= 4 is 11.8 Å². The van der Waals surface area contributed by atoms with Crippen LogP contribution in [-0.2, 0) is 4.79 Å². The van der Waals surface area contributed by atoms with Gasteiger partial charge in [0.25, 0.3) is 5.91 Å². The van der Waals surface area contributed by atoms with Crippen molar-refractivity contribution < 1.29 is 14.3 Å². The van der Waals surface area contributed by atoms with Crippen molar-refractivity contribution in [3.05, 3.63) is 65.2 Å². The van der Waals surface area contributed by atoms with Crippen molar-refractivity contribution in [2.24, 2.45) is 0 Å². The van der Waals surface area contributed by atoms with E-state index in [-0.39, 0.29) is 24.3 Å². The summed E-state index contributed by atoms with van der Waals surface area (Å²) < 4.78 is 5.16. The molecule has 26 heavy (non-hydrogen) atoms. The second kappa shape index (κ2) is 9.61. The van der Waals surface area contributed by atoms with Gasteiger partial charge in [-0.1, -0.05) is 36.8 Å². The highest BCUT2D eigenvalue weighted by atomic mass is 16.5. The first kappa shape index (κ1) is 19.5. The minimum absolute atomic E-state index is 0.0547. The molecule has 0 fully saturated rings. The van der Waals surface area contributed by atoms with Crippen LogP contribution in [0.2, 0.25) is 0 Å². The summed E-state index contributed by atoms with van der Waals surface area (Å²) >= 11 is 0. The third kappa shape index (κ3) is 5.62. The maximum absolute atomic E-state index is 12.2. The van der Waals surface area contributed by atoms with Gasteiger partial charge in [0.2, 0.25) is 5.91 Å². The maximum Gasteiger partial charge on any atom is 0.251 e. The van der Waals surface area contributed by atoms with Crippen LogP contribution in [0.25, 0.3) is 0 Å². The van der Waals surface area contributed by atoms with Crippen LogP contribution in [0, 0.1) is 6.92 Å². The Hall–Kier alpha value is -2.82. The first-order valence-electron chi connectivity index (χ1n) is 8.81. The number of aryl methyl sites for hydroxylation is 1. The van der Waals surface area contributed by atoms with E-state index in [0.29, 0.717) is 12.1 Å². The molecule has 2 aromatic carbocycles. The van der Waals surface area contributed by atoms with Gasteiger partial charge in [0.1, 0.15) is 5.75 Å². The van der Waals surface area contributed by atoms with Gasteiger partial charge in [-0.25, -0.2) is 0 Å². The Bertz CT molecular complexity index is 741. The Kier molecular flexibility index (Phi) is 7.21. The van der Waals surface area contributed by atoms with Crippen molar-refractivity contribution in [3.63, 3.8) is 0 Å². The van der Waals surface area contributed by atoms with Gasteiger partial charge >= 0.3 is 0 Å². The highest BCUT2D eigenvalue weighted by molar-refractivity contribution is 5.94. The summed E-state index contributed by atoms with van der Waals surface area (Å²) in [5.41, 5.74) is 2.67. The summed E-state index contributed by atoms with van der Waals surface area (Å²) in [5, 5.41) is 5.80. The Morgan fingerprint density at radius 3 is 2.46 bits per heavy atom. The number of nitrogens with one attached hydrogen (secondary N) is 2. The number of rotatable bonds is 8. The SMILES string of the molecule is CCC(NC(=O)CCNC(=O)c1cccc(C)c1)c1ccc(OC)cc1. The van der Waals surface area contributed by atoms with E-state index in [0.717, 1.165) is 23.3 Å². The third-order valence-corrected chi connectivity index (χ3v) is 4.18. The Morgan fingerprint density at radius 1 is 1.12 bits per heavy atom. The van der Waals surface area contributed by atoms with E-state index in [2.05, 4.69) is 10.6 Å². The Labute approximate surface area is 154 Å². The van der Waals surface area contributed by atoms with Gasteiger partial charge in [-0.05, 0) is 43.2 Å². The fraction of sp³-hybridized carbons (Fsp3) is 0.333. The van der Waals surface area contributed by atoms with Crippen LogP contribution < -0.4 is 15.4 Å². The largest absolute Gasteiger partial charge is 0.497 e. The van der Waals surface area contributed by atoms with Crippen LogP contribution in [0.4, 0.5) is 0 Å². The normalized spacial score (nSPS) is 11.5. The predicted octanol–water partition coefficient (Wildman–Crippen LogP) is 3.39. The van der Waals surface area contributed by atoms with Crippen molar-refractivity contribution in [1.82, 2.24) is 10.6 Å². The smallest absolute Gasteiger partial charge is 0.251 e. The maximum atomic E-state index is 12.2. The first-order valence-corrected chi connectivity index (χ1v) is 8.81. The van der Waals surface area contributed by atoms with Crippen molar-refractivity contribution in [2.75, 3.05) is 13.7 Å². The topological polar surface area (TPSA) is 67.4 Å². The molecule has 0 aliphatic heterocycles. The van der Waals surface area contributed by atoms with E-state index in [1.54, 1.807) is 13.2 Å². The fourth-order valence-electron chi connectivity index (χ4n) is 2.70. The van der Waals surface area contributed by atoms with Crippen LogP contribution in [0.5, 0.6) is 5.75 Å². The molecule has 2 rings (SSSR count). The van der Waals surface area contributed by atoms with Crippen LogP contribution in [0.1, 0.15) is 47.3 Å². The van der Waals surface area contributed by atoms with Gasteiger partial charge < -0.3 is 15.4 Å². The van der Waals surface area contributed by atoms with Gasteiger partial charge in [-0.2, -0.15) is 0 Å². The fourth-order valence-corrected chi connectivity index (χ4v) is 2.70. The molecule has 0 spiro atoms. The third-order valence-electron chi connectivity index (χ3n) is 4.18. The predicted molar refractivity (Wildman–Crippen MR) is 102 cm³/mol. The average Bonchev–Trinajstić information content (AvgIpc) is 2.66. The Morgan fingerprint density at radius 2 is 1.85 bits per heavy atom. The van der Waals surface area contributed by atoms with E-state index in [9.17, 15) is 9.59 Å². The lowest BCUT2D eigenvalue weighted by atomic mass is 10.0. The standard InChI is InChI=1S/C21H26N2O3/c1-4-19(16-8-10-18(26-3)11-9-16)23-20(24)12-13-22-21(25)17-7-5-6-15(2)14-17/h5-11,14,19H,4,12-13H2,1-3H3,(H,22,25)(H,23,24). The van der Waals surface area contributed by atoms with Gasteiger partial charge in [-0.3, -0.25) is 9.59 Å². The van der Waals surface area contributed by atoms with Crippen LogP contribution >= 0.6 is 0 Å². The lowest BCUT2D eigenvalue weighted by Crippen LogP contribution is -2.32. The highest BCUT2D eigenvalue weighted by Crippen LogP contribution is 2.20. The number of carbonyl (C=O) groups excluding carboxylic acids is 2. The molecule has 0 saturated carbocycles. The number of benzene rings is 2. The van der Waals surface area contributed by atoms with Gasteiger partial charge in [-0.15, -0.1) is 0 Å². The molecule has 138 valence electrons.